The second-order valence-corrected chi connectivity index (χ2v) is 4.51. The van der Waals surface area contributed by atoms with Crippen LogP contribution in [0, 0.1) is 5.82 Å². The Labute approximate surface area is 111 Å². The van der Waals surface area contributed by atoms with Crippen LogP contribution in [0.3, 0.4) is 0 Å². The van der Waals surface area contributed by atoms with Crippen molar-refractivity contribution in [3.05, 3.63) is 24.0 Å². The van der Waals surface area contributed by atoms with Crippen LogP contribution < -0.4 is 11.1 Å². The van der Waals surface area contributed by atoms with Gasteiger partial charge in [-0.3, -0.25) is 9.63 Å². The second kappa shape index (κ2) is 6.49. The highest BCUT2D eigenvalue weighted by Gasteiger charge is 2.13. The number of amides is 1. The van der Waals surface area contributed by atoms with E-state index in [0.717, 1.165) is 19.6 Å². The molecule has 5 nitrogen and oxygen atoms in total. The van der Waals surface area contributed by atoms with Crippen LogP contribution in [0.2, 0.25) is 0 Å². The maximum absolute atomic E-state index is 13.4. The van der Waals surface area contributed by atoms with Crippen molar-refractivity contribution in [2.45, 2.75) is 19.3 Å². The average Bonchev–Trinajstić information content (AvgIpc) is 2.87. The van der Waals surface area contributed by atoms with Gasteiger partial charge in [-0.05, 0) is 31.0 Å². The van der Waals surface area contributed by atoms with E-state index in [-0.39, 0.29) is 11.6 Å². The van der Waals surface area contributed by atoms with E-state index in [1.807, 2.05) is 5.06 Å². The van der Waals surface area contributed by atoms with Gasteiger partial charge in [-0.1, -0.05) is 0 Å². The molecule has 1 aliphatic heterocycles. The van der Waals surface area contributed by atoms with E-state index in [2.05, 4.69) is 5.32 Å². The van der Waals surface area contributed by atoms with Gasteiger partial charge in [0.2, 0.25) is 5.91 Å². The number of nitrogens with two attached hydrogens (primary N) is 1. The first-order chi connectivity index (χ1) is 9.15. The molecule has 6 heteroatoms. The standard InChI is InChI=1S/C13H18FN3O2/c14-11-5-4-10(15)9-12(11)16-13(18)3-1-6-17-7-2-8-19-17/h4-5,9H,1-3,6-8,15H2,(H,16,18). The van der Waals surface area contributed by atoms with Gasteiger partial charge < -0.3 is 11.1 Å². The Balaban J connectivity index is 1.75. The van der Waals surface area contributed by atoms with Crippen molar-refractivity contribution >= 4 is 17.3 Å². The van der Waals surface area contributed by atoms with E-state index >= 15 is 0 Å². The number of carbonyl (C=O) groups excluding carboxylic acids is 1. The minimum atomic E-state index is -0.481. The topological polar surface area (TPSA) is 67.6 Å². The molecule has 1 fully saturated rings. The largest absolute Gasteiger partial charge is 0.399 e. The number of hydrogen-bond donors (Lipinski definition) is 2. The van der Waals surface area contributed by atoms with Crippen molar-refractivity contribution in [1.82, 2.24) is 5.06 Å². The Hall–Kier alpha value is -1.66. The van der Waals surface area contributed by atoms with Gasteiger partial charge in [-0.2, -0.15) is 5.06 Å². The van der Waals surface area contributed by atoms with Crippen molar-refractivity contribution in [3.8, 4) is 0 Å². The van der Waals surface area contributed by atoms with Crippen molar-refractivity contribution in [2.75, 3.05) is 30.7 Å². The molecule has 104 valence electrons. The molecular formula is C13H18FN3O2. The van der Waals surface area contributed by atoms with Crippen LogP contribution in [0.1, 0.15) is 19.3 Å². The zero-order chi connectivity index (χ0) is 13.7. The molecule has 0 bridgehead atoms. The van der Waals surface area contributed by atoms with Crippen LogP contribution in [-0.4, -0.2) is 30.7 Å². The van der Waals surface area contributed by atoms with Gasteiger partial charge in [0.1, 0.15) is 5.82 Å². The smallest absolute Gasteiger partial charge is 0.224 e. The lowest BCUT2D eigenvalue weighted by molar-refractivity contribution is -0.120. The number of anilines is 2. The maximum atomic E-state index is 13.4. The molecule has 0 radical (unpaired) electrons. The number of carbonyl (C=O) groups is 1. The Kier molecular flexibility index (Phi) is 4.70. The molecule has 0 aromatic heterocycles. The fraction of sp³-hybridized carbons (Fsp3) is 0.462. The van der Waals surface area contributed by atoms with Crippen molar-refractivity contribution < 1.29 is 14.0 Å². The van der Waals surface area contributed by atoms with E-state index in [9.17, 15) is 9.18 Å². The fourth-order valence-corrected chi connectivity index (χ4v) is 1.94. The summed E-state index contributed by atoms with van der Waals surface area (Å²) in [4.78, 5) is 17.0. The van der Waals surface area contributed by atoms with Gasteiger partial charge in [0.15, 0.2) is 0 Å². The van der Waals surface area contributed by atoms with E-state index in [0.29, 0.717) is 25.1 Å². The van der Waals surface area contributed by atoms with E-state index in [1.165, 1.54) is 18.2 Å². The van der Waals surface area contributed by atoms with Crippen molar-refractivity contribution in [2.24, 2.45) is 0 Å². The third-order valence-electron chi connectivity index (χ3n) is 2.90. The van der Waals surface area contributed by atoms with Gasteiger partial charge in [-0.15, -0.1) is 0 Å². The number of hydrogen-bond acceptors (Lipinski definition) is 4. The van der Waals surface area contributed by atoms with Crippen LogP contribution >= 0.6 is 0 Å². The van der Waals surface area contributed by atoms with Crippen LogP contribution in [-0.2, 0) is 9.63 Å². The highest BCUT2D eigenvalue weighted by Crippen LogP contribution is 2.17. The molecule has 3 N–H and O–H groups in total. The molecule has 1 amide bonds. The molecule has 0 atom stereocenters. The first kappa shape index (κ1) is 13.8. The normalized spacial score (nSPS) is 15.6. The molecule has 0 spiro atoms. The van der Waals surface area contributed by atoms with Gasteiger partial charge in [0, 0.05) is 25.2 Å². The molecule has 1 heterocycles. The summed E-state index contributed by atoms with van der Waals surface area (Å²) in [5, 5.41) is 4.38. The summed E-state index contributed by atoms with van der Waals surface area (Å²) >= 11 is 0. The summed E-state index contributed by atoms with van der Waals surface area (Å²) in [7, 11) is 0. The monoisotopic (exact) mass is 267 g/mol. The molecule has 1 saturated heterocycles. The summed E-state index contributed by atoms with van der Waals surface area (Å²) in [6.45, 7) is 2.37. The quantitative estimate of drug-likeness (QED) is 0.798. The SMILES string of the molecule is Nc1ccc(F)c(NC(=O)CCCN2CCCO2)c1. The van der Waals surface area contributed by atoms with Crippen LogP contribution in [0.25, 0.3) is 0 Å². The second-order valence-electron chi connectivity index (χ2n) is 4.51. The van der Waals surface area contributed by atoms with Crippen molar-refractivity contribution in [3.63, 3.8) is 0 Å². The predicted molar refractivity (Wildman–Crippen MR) is 70.8 cm³/mol. The van der Waals surface area contributed by atoms with E-state index < -0.39 is 5.82 Å². The van der Waals surface area contributed by atoms with E-state index in [4.69, 9.17) is 10.6 Å². The lowest BCUT2D eigenvalue weighted by Crippen LogP contribution is -2.21. The lowest BCUT2D eigenvalue weighted by Gasteiger charge is -2.13. The first-order valence-corrected chi connectivity index (χ1v) is 6.38. The van der Waals surface area contributed by atoms with Gasteiger partial charge in [0.05, 0.1) is 12.3 Å². The molecule has 0 unspecified atom stereocenters. The van der Waals surface area contributed by atoms with Crippen LogP contribution in [0.5, 0.6) is 0 Å². The number of nitrogens with zero attached hydrogens (tertiary/aromatic N) is 1. The van der Waals surface area contributed by atoms with Crippen molar-refractivity contribution in [1.29, 1.82) is 0 Å². The number of nitrogens with one attached hydrogen (secondary N) is 1. The summed E-state index contributed by atoms with van der Waals surface area (Å²) in [5.74, 6) is -0.700. The van der Waals surface area contributed by atoms with Gasteiger partial charge in [0.25, 0.3) is 0 Å². The van der Waals surface area contributed by atoms with Crippen LogP contribution in [0.15, 0.2) is 18.2 Å². The predicted octanol–water partition coefficient (Wildman–Crippen LogP) is 1.76. The maximum Gasteiger partial charge on any atom is 0.224 e. The third kappa shape index (κ3) is 4.18. The third-order valence-corrected chi connectivity index (χ3v) is 2.90. The van der Waals surface area contributed by atoms with E-state index in [1.54, 1.807) is 0 Å². The summed E-state index contributed by atoms with van der Waals surface area (Å²) in [5.41, 5.74) is 6.09. The van der Waals surface area contributed by atoms with Gasteiger partial charge >= 0.3 is 0 Å². The van der Waals surface area contributed by atoms with Crippen LogP contribution in [0.4, 0.5) is 15.8 Å². The Morgan fingerprint density at radius 2 is 2.37 bits per heavy atom. The molecule has 1 aromatic rings. The number of nitrogen functional groups attached to an aromatic ring is 1. The number of halogens is 1. The Morgan fingerprint density at radius 3 is 3.11 bits per heavy atom. The highest BCUT2D eigenvalue weighted by molar-refractivity contribution is 5.91. The lowest BCUT2D eigenvalue weighted by atomic mass is 10.2. The molecular weight excluding hydrogens is 249 g/mol. The van der Waals surface area contributed by atoms with Gasteiger partial charge in [-0.25, -0.2) is 4.39 Å². The zero-order valence-corrected chi connectivity index (χ0v) is 10.7. The molecule has 2 rings (SSSR count). The minimum Gasteiger partial charge on any atom is -0.399 e. The Bertz CT molecular complexity index is 448. The molecule has 19 heavy (non-hydrogen) atoms. The number of hydroxylamine groups is 2. The zero-order valence-electron chi connectivity index (χ0n) is 10.7. The molecule has 0 aliphatic carbocycles. The highest BCUT2D eigenvalue weighted by atomic mass is 19.1. The minimum absolute atomic E-state index is 0.127. The first-order valence-electron chi connectivity index (χ1n) is 6.38. The molecule has 0 saturated carbocycles. The number of benzene rings is 1. The molecule has 1 aliphatic rings. The Morgan fingerprint density at radius 1 is 1.53 bits per heavy atom. The summed E-state index contributed by atoms with van der Waals surface area (Å²) < 4.78 is 13.4. The average molecular weight is 267 g/mol. The summed E-state index contributed by atoms with van der Waals surface area (Å²) in [6.07, 6.45) is 2.03. The molecule has 1 aromatic carbocycles. The number of rotatable bonds is 5. The fourth-order valence-electron chi connectivity index (χ4n) is 1.94. The summed E-state index contributed by atoms with van der Waals surface area (Å²) in [6, 6.07) is 4.11.